The second kappa shape index (κ2) is 2.87. The molecule has 0 atom stereocenters. The zero-order valence-corrected chi connectivity index (χ0v) is 3.58. The second-order valence-electron chi connectivity index (χ2n) is 0.447. The third-order valence-electron chi connectivity index (χ3n) is 0.120. The quantitative estimate of drug-likeness (QED) is 0.221. The summed E-state index contributed by atoms with van der Waals surface area (Å²) in [5.74, 6) is 0. The first-order valence-electron chi connectivity index (χ1n) is 1.000. The summed E-state index contributed by atoms with van der Waals surface area (Å²) in [6, 6.07) is 0. The van der Waals surface area contributed by atoms with E-state index in [2.05, 4.69) is 9.80 Å². The van der Waals surface area contributed by atoms with Crippen LogP contribution in [0.2, 0.25) is 0 Å². The lowest BCUT2D eigenvalue weighted by molar-refractivity contribution is 0.484. The van der Waals surface area contributed by atoms with E-state index in [9.17, 15) is 0 Å². The lowest BCUT2D eigenvalue weighted by atomic mass is 13.0. The van der Waals surface area contributed by atoms with Crippen molar-refractivity contribution >= 4 is 8.53 Å². The van der Waals surface area contributed by atoms with Crippen LogP contribution in [0.1, 0.15) is 0 Å². The second-order valence-corrected chi connectivity index (χ2v) is 1.16. The highest BCUT2D eigenvalue weighted by atomic mass is 31.2. The molecule has 0 radical (unpaired) electrons. The van der Waals surface area contributed by atoms with Gasteiger partial charge in [0, 0.05) is 4.91 Å². The lowest BCUT2D eigenvalue weighted by Crippen LogP contribution is -1.51. The largest absolute Gasteiger partial charge is 0.345 e. The van der Waals surface area contributed by atoms with E-state index in [-0.39, 0.29) is 0 Å². The Kier molecular flexibility index (Phi) is 2.71. The maximum atomic E-state index is 7.75. The van der Waals surface area contributed by atoms with Crippen LogP contribution >= 0.6 is 8.53 Å². The number of hydrogen-bond donors (Lipinski definition) is 2. The fourth-order valence-corrected chi connectivity index (χ4v) is 0.107. The molecule has 0 amide bonds. The maximum absolute atomic E-state index is 7.75. The molecule has 0 saturated heterocycles. The summed E-state index contributed by atoms with van der Waals surface area (Å²) < 4.78 is 0. The number of nitrogens with zero attached hydrogens (tertiary/aromatic N) is 3. The molecule has 0 aliphatic rings. The summed E-state index contributed by atoms with van der Waals surface area (Å²) in [5, 5.41) is 0. The topological polar surface area (TPSA) is 89.2 Å². The highest BCUT2D eigenvalue weighted by Crippen LogP contribution is 2.23. The molecule has 2 N–H and O–H groups in total. The minimum Gasteiger partial charge on any atom is -0.345 e. The van der Waals surface area contributed by atoms with Crippen molar-refractivity contribution in [2.24, 2.45) is 4.88 Å². The van der Waals surface area contributed by atoms with Gasteiger partial charge in [0.2, 0.25) is 0 Å². The van der Waals surface area contributed by atoms with Crippen molar-refractivity contribution in [1.29, 1.82) is 0 Å². The van der Waals surface area contributed by atoms with E-state index in [1.54, 1.807) is 0 Å². The van der Waals surface area contributed by atoms with Crippen LogP contribution in [-0.2, 0) is 0 Å². The molecule has 0 heterocycles. The van der Waals surface area contributed by atoms with Gasteiger partial charge in [-0.3, -0.25) is 0 Å². The normalized spacial score (nSPS) is 7.83. The van der Waals surface area contributed by atoms with Gasteiger partial charge in [-0.15, -0.1) is 0 Å². The highest BCUT2D eigenvalue weighted by molar-refractivity contribution is 7.43. The van der Waals surface area contributed by atoms with Crippen LogP contribution in [0.15, 0.2) is 4.88 Å². The third-order valence-corrected chi connectivity index (χ3v) is 0.360. The predicted molar refractivity (Wildman–Crippen MR) is 20.5 cm³/mol. The van der Waals surface area contributed by atoms with E-state index in [1.165, 1.54) is 0 Å². The SMILES string of the molecule is [N-]=[N+]=NP(O)O. The molecule has 0 rings (SSSR count). The van der Waals surface area contributed by atoms with Crippen LogP contribution in [-0.4, -0.2) is 9.79 Å². The average Bonchev–Trinajstić information content (AvgIpc) is 1.35. The summed E-state index contributed by atoms with van der Waals surface area (Å²) >= 11 is 0. The van der Waals surface area contributed by atoms with Gasteiger partial charge in [0.1, 0.15) is 0 Å². The minimum absolute atomic E-state index is 2.09. The predicted octanol–water partition coefficient (Wildman–Crippen LogP) is 0.508. The van der Waals surface area contributed by atoms with Crippen molar-refractivity contribution in [3.05, 3.63) is 10.4 Å². The first kappa shape index (κ1) is 5.66. The Morgan fingerprint density at radius 2 is 2.17 bits per heavy atom. The van der Waals surface area contributed by atoms with Crippen molar-refractivity contribution in [3.8, 4) is 0 Å². The summed E-state index contributed by atoms with van der Waals surface area (Å²) in [7, 11) is -2.39. The molecule has 0 aromatic heterocycles. The average molecular weight is 107 g/mol. The fraction of sp³-hybridized carbons (Fsp3) is 0. The monoisotopic (exact) mass is 107 g/mol. The summed E-state index contributed by atoms with van der Waals surface area (Å²) in [6.07, 6.45) is 0. The Morgan fingerprint density at radius 1 is 1.67 bits per heavy atom. The molecule has 34 valence electrons. The molecule has 0 aromatic carbocycles. The van der Waals surface area contributed by atoms with Gasteiger partial charge in [-0.05, 0) is 10.4 Å². The third kappa shape index (κ3) is 3.66. The van der Waals surface area contributed by atoms with E-state index in [1.807, 2.05) is 0 Å². The molecular weight excluding hydrogens is 105 g/mol. The van der Waals surface area contributed by atoms with Crippen LogP contribution < -0.4 is 0 Å². The van der Waals surface area contributed by atoms with E-state index >= 15 is 0 Å². The molecule has 0 spiro atoms. The maximum Gasteiger partial charge on any atom is 0.260 e. The molecule has 0 bridgehead atoms. The molecule has 6 heteroatoms. The minimum atomic E-state index is -2.39. The zero-order valence-electron chi connectivity index (χ0n) is 2.68. The number of azide groups is 1. The van der Waals surface area contributed by atoms with Gasteiger partial charge in [0.15, 0.2) is 0 Å². The van der Waals surface area contributed by atoms with Crippen LogP contribution in [0.3, 0.4) is 0 Å². The van der Waals surface area contributed by atoms with E-state index in [0.29, 0.717) is 0 Å². The van der Waals surface area contributed by atoms with Gasteiger partial charge in [0.05, 0.1) is 0 Å². The summed E-state index contributed by atoms with van der Waals surface area (Å²) in [6.45, 7) is 0. The smallest absolute Gasteiger partial charge is 0.260 e. The van der Waals surface area contributed by atoms with Crippen molar-refractivity contribution in [2.45, 2.75) is 0 Å². The van der Waals surface area contributed by atoms with Gasteiger partial charge < -0.3 is 9.79 Å². The van der Waals surface area contributed by atoms with Crippen LogP contribution in [0, 0.1) is 0 Å². The molecule has 6 heavy (non-hydrogen) atoms. The molecule has 5 nitrogen and oxygen atoms in total. The van der Waals surface area contributed by atoms with Gasteiger partial charge in [-0.25, -0.2) is 0 Å². The summed E-state index contributed by atoms with van der Waals surface area (Å²) in [5.41, 5.74) is 7.39. The first-order chi connectivity index (χ1) is 2.77. The first-order valence-corrected chi connectivity index (χ1v) is 2.20. The Morgan fingerprint density at radius 3 is 2.17 bits per heavy atom. The Hall–Kier alpha value is -0.340. The van der Waals surface area contributed by atoms with E-state index in [0.717, 1.165) is 0 Å². The Labute approximate surface area is 34.8 Å². The Balaban J connectivity index is 3.29. The molecule has 0 aliphatic heterocycles. The molecule has 0 fully saturated rings. The molecular formula is H2N3O2P. The van der Waals surface area contributed by atoms with E-state index in [4.69, 9.17) is 15.3 Å². The fourth-order valence-electron chi connectivity index (χ4n) is 0.0358. The molecule has 0 unspecified atom stereocenters. The highest BCUT2D eigenvalue weighted by Gasteiger charge is 1.84. The molecule has 0 aromatic rings. The lowest BCUT2D eigenvalue weighted by Gasteiger charge is -1.80. The van der Waals surface area contributed by atoms with E-state index < -0.39 is 8.53 Å². The van der Waals surface area contributed by atoms with Gasteiger partial charge in [0.25, 0.3) is 8.53 Å². The summed E-state index contributed by atoms with van der Waals surface area (Å²) in [4.78, 5) is 20.1. The van der Waals surface area contributed by atoms with Gasteiger partial charge >= 0.3 is 0 Å². The van der Waals surface area contributed by atoms with Gasteiger partial charge in [-0.2, -0.15) is 0 Å². The van der Waals surface area contributed by atoms with Gasteiger partial charge in [-0.1, -0.05) is 0 Å². The zero-order chi connectivity index (χ0) is 4.99. The van der Waals surface area contributed by atoms with Crippen molar-refractivity contribution in [3.63, 3.8) is 0 Å². The standard InChI is InChI=1S/H2N3O2P/c1-2-3-6(4)5/h4-5H. The van der Waals surface area contributed by atoms with Crippen molar-refractivity contribution in [2.75, 3.05) is 0 Å². The van der Waals surface area contributed by atoms with Crippen molar-refractivity contribution in [1.82, 2.24) is 0 Å². The molecule has 0 aliphatic carbocycles. The Bertz CT molecular complexity index is 72.9. The number of rotatable bonds is 1. The number of hydrogen-bond acceptors (Lipinski definition) is 3. The van der Waals surface area contributed by atoms with Crippen LogP contribution in [0.25, 0.3) is 10.4 Å². The van der Waals surface area contributed by atoms with Crippen LogP contribution in [0.4, 0.5) is 0 Å². The van der Waals surface area contributed by atoms with Crippen LogP contribution in [0.5, 0.6) is 0 Å². The molecule has 0 saturated carbocycles. The van der Waals surface area contributed by atoms with Crippen molar-refractivity contribution < 1.29 is 9.79 Å².